The summed E-state index contributed by atoms with van der Waals surface area (Å²) in [5, 5.41) is 6.40. The molecule has 7 heteroatoms. The van der Waals surface area contributed by atoms with Gasteiger partial charge in [-0.05, 0) is 62.9 Å². The minimum atomic E-state index is -0.482. The van der Waals surface area contributed by atoms with Crippen molar-refractivity contribution in [3.8, 4) is 5.75 Å². The molecular formula is C21H23ClN2O4. The van der Waals surface area contributed by atoms with Crippen molar-refractivity contribution in [1.82, 2.24) is 10.6 Å². The molecule has 1 aromatic heterocycles. The summed E-state index contributed by atoms with van der Waals surface area (Å²) in [6.07, 6.45) is 2.82. The van der Waals surface area contributed by atoms with Crippen LogP contribution in [0.1, 0.15) is 47.6 Å². The smallest absolute Gasteiger partial charge is 0.255 e. The molecule has 2 aromatic rings. The number of ether oxygens (including phenoxy) is 1. The second kappa shape index (κ2) is 7.51. The van der Waals surface area contributed by atoms with Crippen LogP contribution in [0.3, 0.4) is 0 Å². The molecule has 2 aliphatic rings. The molecular weight excluding hydrogens is 380 g/mol. The Kier molecular flexibility index (Phi) is 5.06. The average Bonchev–Trinajstić information content (AvgIpc) is 3.06. The third kappa shape index (κ3) is 3.87. The molecule has 0 atom stereocenters. The predicted molar refractivity (Wildman–Crippen MR) is 104 cm³/mol. The van der Waals surface area contributed by atoms with Gasteiger partial charge in [0.05, 0.1) is 18.7 Å². The molecule has 1 saturated carbocycles. The molecule has 2 amide bonds. The standard InChI is InChI=1S/C21H23ClN2O4/c1-13-2-4-16(27-13)11-23-19(25)14-6-8-21(9-7-14)12-24-20(26)17-10-15(22)3-5-18(17)28-21/h2-5,10,14H,6-9,11-12H2,1H3,(H,23,25)(H,24,26). The summed E-state index contributed by atoms with van der Waals surface area (Å²) in [6.45, 7) is 2.71. The number of benzene rings is 1. The number of hydrogen-bond acceptors (Lipinski definition) is 4. The molecule has 6 nitrogen and oxygen atoms in total. The van der Waals surface area contributed by atoms with Crippen LogP contribution in [0, 0.1) is 12.8 Å². The largest absolute Gasteiger partial charge is 0.485 e. The highest BCUT2D eigenvalue weighted by Gasteiger charge is 2.42. The molecule has 2 heterocycles. The van der Waals surface area contributed by atoms with Gasteiger partial charge in [-0.1, -0.05) is 11.6 Å². The lowest BCUT2D eigenvalue weighted by molar-refractivity contribution is -0.127. The summed E-state index contributed by atoms with van der Waals surface area (Å²) >= 11 is 6.02. The summed E-state index contributed by atoms with van der Waals surface area (Å²) in [6, 6.07) is 8.85. The zero-order chi connectivity index (χ0) is 19.7. The Hall–Kier alpha value is -2.47. The van der Waals surface area contributed by atoms with E-state index in [1.165, 1.54) is 0 Å². The Balaban J connectivity index is 1.38. The zero-order valence-corrected chi connectivity index (χ0v) is 16.5. The molecule has 148 valence electrons. The zero-order valence-electron chi connectivity index (χ0n) is 15.7. The Morgan fingerprint density at radius 3 is 2.79 bits per heavy atom. The molecule has 1 spiro atoms. The van der Waals surface area contributed by atoms with E-state index in [1.54, 1.807) is 18.2 Å². The van der Waals surface area contributed by atoms with Crippen LogP contribution in [0.25, 0.3) is 0 Å². The lowest BCUT2D eigenvalue weighted by atomic mass is 9.78. The Morgan fingerprint density at radius 2 is 2.07 bits per heavy atom. The van der Waals surface area contributed by atoms with E-state index < -0.39 is 5.60 Å². The number of hydrogen-bond donors (Lipinski definition) is 2. The van der Waals surface area contributed by atoms with Crippen molar-refractivity contribution in [3.63, 3.8) is 0 Å². The van der Waals surface area contributed by atoms with Gasteiger partial charge in [0.15, 0.2) is 0 Å². The van der Waals surface area contributed by atoms with E-state index in [0.717, 1.165) is 11.5 Å². The summed E-state index contributed by atoms with van der Waals surface area (Å²) in [4.78, 5) is 24.9. The maximum atomic E-state index is 12.5. The highest BCUT2D eigenvalue weighted by molar-refractivity contribution is 6.31. The highest BCUT2D eigenvalue weighted by Crippen LogP contribution is 2.38. The molecule has 1 aliphatic carbocycles. The second-order valence-corrected chi connectivity index (χ2v) is 8.05. The van der Waals surface area contributed by atoms with Crippen molar-refractivity contribution in [1.29, 1.82) is 0 Å². The Bertz CT molecular complexity index is 900. The number of halogens is 1. The maximum absolute atomic E-state index is 12.5. The number of amides is 2. The fourth-order valence-corrected chi connectivity index (χ4v) is 4.13. The van der Waals surface area contributed by atoms with Crippen molar-refractivity contribution in [2.45, 2.75) is 44.8 Å². The van der Waals surface area contributed by atoms with Crippen LogP contribution in [0.2, 0.25) is 5.02 Å². The number of carbonyl (C=O) groups is 2. The first kappa shape index (κ1) is 18.9. The Labute approximate surface area is 168 Å². The van der Waals surface area contributed by atoms with Crippen molar-refractivity contribution in [3.05, 3.63) is 52.4 Å². The van der Waals surface area contributed by atoms with Gasteiger partial charge in [-0.15, -0.1) is 0 Å². The topological polar surface area (TPSA) is 80.6 Å². The van der Waals surface area contributed by atoms with Crippen LogP contribution in [0.4, 0.5) is 0 Å². The van der Waals surface area contributed by atoms with E-state index in [1.807, 2.05) is 19.1 Å². The first-order chi connectivity index (χ1) is 13.4. The predicted octanol–water partition coefficient (Wildman–Crippen LogP) is 3.61. The number of nitrogens with one attached hydrogen (secondary N) is 2. The van der Waals surface area contributed by atoms with Gasteiger partial charge in [0.25, 0.3) is 5.91 Å². The monoisotopic (exact) mass is 402 g/mol. The van der Waals surface area contributed by atoms with E-state index in [9.17, 15) is 9.59 Å². The lowest BCUT2D eigenvalue weighted by Gasteiger charge is -2.39. The van der Waals surface area contributed by atoms with E-state index >= 15 is 0 Å². The third-order valence-electron chi connectivity index (χ3n) is 5.58. The average molecular weight is 403 g/mol. The van der Waals surface area contributed by atoms with Crippen molar-refractivity contribution < 1.29 is 18.7 Å². The molecule has 1 aliphatic heterocycles. The Morgan fingerprint density at radius 1 is 1.29 bits per heavy atom. The summed E-state index contributed by atoms with van der Waals surface area (Å²) in [7, 11) is 0. The molecule has 0 radical (unpaired) electrons. The quantitative estimate of drug-likeness (QED) is 0.821. The first-order valence-corrected chi connectivity index (χ1v) is 9.92. The van der Waals surface area contributed by atoms with Gasteiger partial charge in [0, 0.05) is 10.9 Å². The number of aryl methyl sites for hydroxylation is 1. The molecule has 0 unspecified atom stereocenters. The van der Waals surface area contributed by atoms with E-state index in [2.05, 4.69) is 10.6 Å². The lowest BCUT2D eigenvalue weighted by Crippen LogP contribution is -2.49. The molecule has 1 aromatic carbocycles. The number of rotatable bonds is 3. The molecule has 4 rings (SSSR count). The minimum absolute atomic E-state index is 0.0359. The summed E-state index contributed by atoms with van der Waals surface area (Å²) in [5.41, 5.74) is -0.0260. The molecule has 2 N–H and O–H groups in total. The van der Waals surface area contributed by atoms with Gasteiger partial charge in [0.1, 0.15) is 22.9 Å². The van der Waals surface area contributed by atoms with Gasteiger partial charge >= 0.3 is 0 Å². The van der Waals surface area contributed by atoms with Gasteiger partial charge in [0.2, 0.25) is 5.91 Å². The molecule has 0 saturated heterocycles. The van der Waals surface area contributed by atoms with Gasteiger partial charge in [-0.25, -0.2) is 0 Å². The van der Waals surface area contributed by atoms with Crippen LogP contribution in [-0.4, -0.2) is 24.0 Å². The first-order valence-electron chi connectivity index (χ1n) is 9.54. The van der Waals surface area contributed by atoms with Gasteiger partial charge in [-0.3, -0.25) is 9.59 Å². The number of fused-ring (bicyclic) bond motifs is 1. The van der Waals surface area contributed by atoms with Crippen LogP contribution < -0.4 is 15.4 Å². The molecule has 1 fully saturated rings. The maximum Gasteiger partial charge on any atom is 0.255 e. The number of carbonyl (C=O) groups excluding carboxylic acids is 2. The van der Waals surface area contributed by atoms with E-state index in [-0.39, 0.29) is 17.7 Å². The fourth-order valence-electron chi connectivity index (χ4n) is 3.96. The molecule has 28 heavy (non-hydrogen) atoms. The SMILES string of the molecule is Cc1ccc(CNC(=O)C2CCC3(CC2)CNC(=O)c2cc(Cl)ccc2O3)o1. The van der Waals surface area contributed by atoms with Crippen molar-refractivity contribution in [2.24, 2.45) is 5.92 Å². The highest BCUT2D eigenvalue weighted by atomic mass is 35.5. The van der Waals surface area contributed by atoms with Gasteiger partial charge in [-0.2, -0.15) is 0 Å². The van der Waals surface area contributed by atoms with Crippen LogP contribution >= 0.6 is 11.6 Å². The molecule has 0 bridgehead atoms. The van der Waals surface area contributed by atoms with Gasteiger partial charge < -0.3 is 19.8 Å². The van der Waals surface area contributed by atoms with Crippen molar-refractivity contribution >= 4 is 23.4 Å². The minimum Gasteiger partial charge on any atom is -0.485 e. The third-order valence-corrected chi connectivity index (χ3v) is 5.82. The normalized spacial score (nSPS) is 24.1. The summed E-state index contributed by atoms with van der Waals surface area (Å²) in [5.74, 6) is 1.93. The number of furan rings is 1. The van der Waals surface area contributed by atoms with Crippen LogP contribution in [-0.2, 0) is 11.3 Å². The van der Waals surface area contributed by atoms with Crippen LogP contribution in [0.15, 0.2) is 34.7 Å². The van der Waals surface area contributed by atoms with E-state index in [4.69, 9.17) is 20.8 Å². The van der Waals surface area contributed by atoms with Crippen molar-refractivity contribution in [2.75, 3.05) is 6.54 Å². The fraction of sp³-hybridized carbons (Fsp3) is 0.429. The summed E-state index contributed by atoms with van der Waals surface area (Å²) < 4.78 is 11.8. The second-order valence-electron chi connectivity index (χ2n) is 7.61. The van der Waals surface area contributed by atoms with E-state index in [0.29, 0.717) is 55.1 Å². The van der Waals surface area contributed by atoms with Crippen LogP contribution in [0.5, 0.6) is 5.75 Å².